The molecule has 3 aliphatic heterocycles. The molecule has 12 nitrogen and oxygen atoms in total. The number of nitrogens with zero attached hydrogens (tertiary/aromatic N) is 4. The fourth-order valence-electron chi connectivity index (χ4n) is 10.3. The van der Waals surface area contributed by atoms with E-state index in [4.69, 9.17) is 30.5 Å². The van der Waals surface area contributed by atoms with Crippen LogP contribution in [0.1, 0.15) is 83.7 Å². The molecule has 2 amide bonds. The molecule has 14 heteroatoms. The smallest absolute Gasteiger partial charge is 0.286 e. The Hall–Kier alpha value is -3.91. The zero-order valence-corrected chi connectivity index (χ0v) is 34.9. The van der Waals surface area contributed by atoms with Gasteiger partial charge >= 0.3 is 0 Å². The van der Waals surface area contributed by atoms with Crippen LogP contribution < -0.4 is 19.1 Å². The number of fused-ring (bicyclic) bond motifs is 5. The highest BCUT2D eigenvalue weighted by Gasteiger charge is 2.47. The van der Waals surface area contributed by atoms with Gasteiger partial charge < -0.3 is 23.8 Å². The summed E-state index contributed by atoms with van der Waals surface area (Å²) in [5, 5.41) is 4.93. The molecule has 57 heavy (non-hydrogen) atoms. The maximum Gasteiger partial charge on any atom is 0.286 e. The Kier molecular flexibility index (Phi) is 11.2. The molecule has 306 valence electrons. The van der Waals surface area contributed by atoms with Gasteiger partial charge in [0.25, 0.3) is 11.8 Å². The monoisotopic (exact) mass is 819 g/mol. The number of amides is 2. The second-order valence-corrected chi connectivity index (χ2v) is 19.3. The van der Waals surface area contributed by atoms with Gasteiger partial charge in [-0.05, 0) is 116 Å². The summed E-state index contributed by atoms with van der Waals surface area (Å²) in [6, 6.07) is 11.6. The van der Waals surface area contributed by atoms with E-state index in [9.17, 15) is 9.59 Å². The summed E-state index contributed by atoms with van der Waals surface area (Å²) in [7, 11) is 1.16. The van der Waals surface area contributed by atoms with Crippen LogP contribution in [-0.2, 0) is 38.3 Å². The first-order chi connectivity index (χ1) is 27.4. The number of benzene rings is 2. The minimum Gasteiger partial charge on any atom is -0.490 e. The highest BCUT2D eigenvalue weighted by Crippen LogP contribution is 2.48. The van der Waals surface area contributed by atoms with E-state index in [1.165, 1.54) is 29.1 Å². The molecule has 9 atom stereocenters. The van der Waals surface area contributed by atoms with Crippen LogP contribution in [-0.4, -0.2) is 83.8 Å². The molecule has 5 aliphatic rings. The van der Waals surface area contributed by atoms with Gasteiger partial charge in [-0.15, -0.1) is 16.0 Å². The molecule has 1 spiro atoms. The fourth-order valence-corrected chi connectivity index (χ4v) is 12.4. The van der Waals surface area contributed by atoms with Gasteiger partial charge in [0.15, 0.2) is 0 Å². The van der Waals surface area contributed by atoms with Crippen molar-refractivity contribution in [1.82, 2.24) is 14.5 Å². The third-order valence-electron chi connectivity index (χ3n) is 13.1. The van der Waals surface area contributed by atoms with E-state index in [2.05, 4.69) is 37.8 Å². The summed E-state index contributed by atoms with van der Waals surface area (Å²) >= 11 is 6.50. The Labute approximate surface area is 340 Å². The summed E-state index contributed by atoms with van der Waals surface area (Å²) < 4.78 is 48.7. The number of carbonyl (C=O) groups excluding carboxylic acids is 2. The second-order valence-electron chi connectivity index (χ2n) is 16.9. The molecule has 1 aromatic heterocycles. The predicted octanol–water partition coefficient (Wildman–Crippen LogP) is 6.94. The average Bonchev–Trinajstić information content (AvgIpc) is 3.72. The van der Waals surface area contributed by atoms with E-state index >= 15 is 4.21 Å². The molecular weight excluding hydrogens is 766 g/mol. The SMILES string of the molecule is C=CC[C@@H]1C[C@@H]2C[C@H](OC)[C@@H]3CC[C@H]3CN3C[C@@]4(CCCc5cc(Cl)ccc54)COc4ccc(cc43)C(=O)N=S(=O)(NC(=O)c3cn(C)nc3OC)C[C@@H](C)[C@H]2O1. The number of nitrogens with one attached hydrogen (secondary N) is 1. The molecule has 1 saturated carbocycles. The topological polar surface area (TPSA) is 134 Å². The quantitative estimate of drug-likeness (QED) is 0.263. The zero-order chi connectivity index (χ0) is 40.1. The van der Waals surface area contributed by atoms with Crippen molar-refractivity contribution in [2.75, 3.05) is 44.6 Å². The third kappa shape index (κ3) is 7.84. The van der Waals surface area contributed by atoms with Crippen molar-refractivity contribution < 1.29 is 32.7 Å². The van der Waals surface area contributed by atoms with Gasteiger partial charge in [-0.3, -0.25) is 19.0 Å². The Morgan fingerprint density at radius 3 is 2.77 bits per heavy atom. The van der Waals surface area contributed by atoms with E-state index in [0.29, 0.717) is 37.2 Å². The molecule has 1 saturated heterocycles. The van der Waals surface area contributed by atoms with Crippen LogP contribution in [0.25, 0.3) is 0 Å². The van der Waals surface area contributed by atoms with Gasteiger partial charge in [0.2, 0.25) is 5.88 Å². The van der Waals surface area contributed by atoms with E-state index < -0.39 is 21.7 Å². The first-order valence-corrected chi connectivity index (χ1v) is 22.3. The van der Waals surface area contributed by atoms with Gasteiger partial charge in [-0.2, -0.15) is 0 Å². The van der Waals surface area contributed by atoms with Crippen molar-refractivity contribution in [2.45, 2.75) is 82.0 Å². The fraction of sp³-hybridized carbons (Fsp3) is 0.558. The van der Waals surface area contributed by atoms with Crippen LogP contribution in [0.4, 0.5) is 5.69 Å². The molecule has 0 radical (unpaired) electrons. The minimum absolute atomic E-state index is 0.00338. The molecule has 1 N–H and O–H groups in total. The van der Waals surface area contributed by atoms with Crippen LogP contribution >= 0.6 is 11.6 Å². The molecule has 8 rings (SSSR count). The number of anilines is 1. The van der Waals surface area contributed by atoms with E-state index in [1.807, 2.05) is 38.3 Å². The first-order valence-electron chi connectivity index (χ1n) is 20.2. The number of rotatable bonds is 6. The van der Waals surface area contributed by atoms with Gasteiger partial charge in [0.05, 0.1) is 43.5 Å². The van der Waals surface area contributed by atoms with Crippen LogP contribution in [0.2, 0.25) is 5.02 Å². The third-order valence-corrected chi connectivity index (χ3v) is 15.3. The van der Waals surface area contributed by atoms with Crippen LogP contribution in [0.15, 0.2) is 59.6 Å². The van der Waals surface area contributed by atoms with Crippen molar-refractivity contribution >= 4 is 39.0 Å². The summed E-state index contributed by atoms with van der Waals surface area (Å²) in [6.07, 6.45) is 10.3. The second kappa shape index (κ2) is 16.0. The summed E-state index contributed by atoms with van der Waals surface area (Å²) in [6.45, 7) is 7.88. The van der Waals surface area contributed by atoms with Gasteiger partial charge in [-0.1, -0.05) is 30.7 Å². The van der Waals surface area contributed by atoms with Crippen molar-refractivity contribution in [3.05, 3.63) is 82.5 Å². The lowest BCUT2D eigenvalue weighted by atomic mass is 9.67. The maximum absolute atomic E-state index is 15.1. The summed E-state index contributed by atoms with van der Waals surface area (Å²) in [5.41, 5.74) is 3.38. The Morgan fingerprint density at radius 2 is 2.02 bits per heavy atom. The first kappa shape index (κ1) is 39.9. The number of aromatic nitrogens is 2. The number of aryl methyl sites for hydroxylation is 2. The number of ether oxygens (including phenoxy) is 4. The Morgan fingerprint density at radius 1 is 1.18 bits per heavy atom. The van der Waals surface area contributed by atoms with E-state index in [1.54, 1.807) is 13.1 Å². The summed E-state index contributed by atoms with van der Waals surface area (Å²) in [5.74, 6) is -0.283. The lowest BCUT2D eigenvalue weighted by molar-refractivity contribution is -0.0440. The molecular formula is C43H54ClN5O7S. The van der Waals surface area contributed by atoms with E-state index in [0.717, 1.165) is 62.2 Å². The van der Waals surface area contributed by atoms with Crippen molar-refractivity contribution in [3.8, 4) is 11.6 Å². The standard InChI is InChI=1S/C43H54ClN5O7S/c1-6-8-32-18-30-20-38(53-4)33-13-10-29(33)21-49-24-43(16-7-9-27-17-31(44)12-14-35(27)43)25-55-37-15-11-28(19-36(37)49)40(50)46-57(52,23-26(2)39(30)56-32)47-41(51)34-22-48(3)45-42(34)54-5/h6,11-12,14-15,17,19,22,26,29-30,32-33,38-39H,1,7-10,13,16,18,20-21,23-25H2,2-5H3,(H,46,47,50,51,52)/t26-,29+,30-,32-,33-,38+,39-,43+,57?/m1/s1. The van der Waals surface area contributed by atoms with Crippen LogP contribution in [0.5, 0.6) is 11.6 Å². The molecule has 1 unspecified atom stereocenters. The van der Waals surface area contributed by atoms with Gasteiger partial charge in [0.1, 0.15) is 21.2 Å². The van der Waals surface area contributed by atoms with Gasteiger partial charge in [0, 0.05) is 49.4 Å². The largest absolute Gasteiger partial charge is 0.490 e. The lowest BCUT2D eigenvalue weighted by Gasteiger charge is -2.47. The van der Waals surface area contributed by atoms with Crippen LogP contribution in [0, 0.1) is 23.7 Å². The Bertz CT molecular complexity index is 2170. The highest BCUT2D eigenvalue weighted by atomic mass is 35.5. The number of hydrogen-bond acceptors (Lipinski definition) is 9. The van der Waals surface area contributed by atoms with Crippen molar-refractivity contribution in [3.63, 3.8) is 0 Å². The normalized spacial score (nSPS) is 32.4. The molecule has 2 aromatic carbocycles. The summed E-state index contributed by atoms with van der Waals surface area (Å²) in [4.78, 5) is 30.6. The molecule has 2 aliphatic carbocycles. The predicted molar refractivity (Wildman–Crippen MR) is 220 cm³/mol. The molecule has 4 heterocycles. The molecule has 3 aromatic rings. The van der Waals surface area contributed by atoms with Crippen molar-refractivity contribution in [1.29, 1.82) is 0 Å². The highest BCUT2D eigenvalue weighted by molar-refractivity contribution is 7.92. The van der Waals surface area contributed by atoms with Crippen molar-refractivity contribution in [2.24, 2.45) is 35.1 Å². The minimum atomic E-state index is -3.73. The van der Waals surface area contributed by atoms with Crippen LogP contribution in [0.3, 0.4) is 0 Å². The zero-order valence-electron chi connectivity index (χ0n) is 33.3. The Balaban J connectivity index is 1.23. The maximum atomic E-state index is 15.1. The lowest BCUT2D eigenvalue weighted by Crippen LogP contribution is -2.50. The average molecular weight is 820 g/mol. The molecule has 2 fully saturated rings. The van der Waals surface area contributed by atoms with Gasteiger partial charge in [-0.25, -0.2) is 4.21 Å². The number of hydrogen-bond donors (Lipinski definition) is 1. The molecule has 2 bridgehead atoms. The van der Waals surface area contributed by atoms with E-state index in [-0.39, 0.29) is 58.3 Å². The number of halogens is 1. The number of carbonyl (C=O) groups is 2. The number of methoxy groups -OCH3 is 2.